The highest BCUT2D eigenvalue weighted by Crippen LogP contribution is 2.44. The molecular weight excluding hydrogens is 825 g/mol. The second-order valence-electron chi connectivity index (χ2n) is 15.8. The van der Waals surface area contributed by atoms with Crippen molar-refractivity contribution in [1.82, 2.24) is 26.6 Å². The Morgan fingerprint density at radius 3 is 1.67 bits per heavy atom. The van der Waals surface area contributed by atoms with Gasteiger partial charge in [0.15, 0.2) is 0 Å². The number of carboxylic acid groups (broad SMARTS) is 2. The quantitative estimate of drug-likeness (QED) is 0.0567. The zero-order valence-corrected chi connectivity index (χ0v) is 35.3. The molecule has 0 unspecified atom stereocenters. The van der Waals surface area contributed by atoms with E-state index in [0.29, 0.717) is 11.1 Å². The number of carbonyl (C=O) groups is 8. The number of ether oxygens (including phenoxy) is 1. The number of hydrogen-bond donors (Lipinski definition) is 8. The minimum absolute atomic E-state index is 0.0117. The van der Waals surface area contributed by atoms with Crippen molar-refractivity contribution >= 4 is 47.6 Å². The second-order valence-corrected chi connectivity index (χ2v) is 15.8. The minimum atomic E-state index is -1.82. The molecule has 0 saturated heterocycles. The maximum Gasteiger partial charge on any atom is 0.408 e. The highest BCUT2D eigenvalue weighted by atomic mass is 16.5. The Hall–Kier alpha value is -7.56. The maximum absolute atomic E-state index is 14.1. The number of hydrogen-bond acceptors (Lipinski definition) is 9. The van der Waals surface area contributed by atoms with Crippen LogP contribution in [0, 0.1) is 5.92 Å². The van der Waals surface area contributed by atoms with E-state index in [1.807, 2.05) is 48.5 Å². The van der Waals surface area contributed by atoms with Crippen molar-refractivity contribution in [2.45, 2.75) is 82.1 Å². The molecule has 9 N–H and O–H groups in total. The summed E-state index contributed by atoms with van der Waals surface area (Å²) in [4.78, 5) is 105. The molecule has 0 radical (unpaired) electrons. The fourth-order valence-electron chi connectivity index (χ4n) is 7.47. The number of nitrogens with one attached hydrogen (secondary N) is 5. The lowest BCUT2D eigenvalue weighted by Crippen LogP contribution is -2.59. The first-order valence-corrected chi connectivity index (χ1v) is 20.8. The van der Waals surface area contributed by atoms with Gasteiger partial charge in [0.1, 0.15) is 36.8 Å². The molecule has 64 heavy (non-hydrogen) atoms. The van der Waals surface area contributed by atoms with Crippen molar-refractivity contribution in [3.05, 3.63) is 131 Å². The van der Waals surface area contributed by atoms with E-state index in [1.165, 1.54) is 0 Å². The standard InChI is InChI=1S/C47H52N6O11/c1-27(2)23-36(43(58)52-38(46(61)62)24-28-13-5-3-6-14-28)50-44(59)37(25-40(55)56)51-42(57)35(21-22-39(48)54)49-45(60)41(29-15-7-4-8-16-29)53-47(63)64-26-34-32-19-11-9-17-30(32)31-18-10-12-20-33(31)34/h3-20,27,34-38,41H,21-26H2,1-2H3,(H2,48,54)(H,49,60)(H,50,59)(H,51,57)(H,52,58)(H,53,63)(H,55,56)(H,61,62)/t35-,36-,37-,38-,41-/m0/s1. The van der Waals surface area contributed by atoms with Gasteiger partial charge in [-0.05, 0) is 52.1 Å². The predicted molar refractivity (Wildman–Crippen MR) is 233 cm³/mol. The molecule has 0 aliphatic heterocycles. The molecule has 6 amide bonds. The van der Waals surface area contributed by atoms with Crippen LogP contribution in [0.3, 0.4) is 0 Å². The van der Waals surface area contributed by atoms with E-state index in [-0.39, 0.29) is 31.3 Å². The molecule has 0 fully saturated rings. The number of fused-ring (bicyclic) bond motifs is 3. The molecule has 0 bridgehead atoms. The van der Waals surface area contributed by atoms with Gasteiger partial charge in [0.05, 0.1) is 6.42 Å². The normalized spacial score (nSPS) is 14.0. The van der Waals surface area contributed by atoms with Crippen molar-refractivity contribution in [3.8, 4) is 11.1 Å². The minimum Gasteiger partial charge on any atom is -0.481 e. The highest BCUT2D eigenvalue weighted by molar-refractivity contribution is 5.97. The summed E-state index contributed by atoms with van der Waals surface area (Å²) in [5, 5.41) is 31.9. The largest absolute Gasteiger partial charge is 0.481 e. The maximum atomic E-state index is 14.1. The van der Waals surface area contributed by atoms with Crippen LogP contribution in [0.15, 0.2) is 109 Å². The zero-order chi connectivity index (χ0) is 46.3. The molecule has 5 atom stereocenters. The van der Waals surface area contributed by atoms with Gasteiger partial charge in [0, 0.05) is 18.8 Å². The van der Waals surface area contributed by atoms with Crippen LogP contribution in [0.4, 0.5) is 4.79 Å². The van der Waals surface area contributed by atoms with Crippen LogP contribution in [-0.2, 0) is 44.7 Å². The molecule has 0 heterocycles. The van der Waals surface area contributed by atoms with Crippen molar-refractivity contribution in [1.29, 1.82) is 0 Å². The topological polar surface area (TPSA) is 272 Å². The molecule has 0 saturated carbocycles. The summed E-state index contributed by atoms with van der Waals surface area (Å²) in [6.45, 7) is 3.44. The fourth-order valence-corrected chi connectivity index (χ4v) is 7.47. The molecule has 5 rings (SSSR count). The molecule has 4 aromatic carbocycles. The van der Waals surface area contributed by atoms with Crippen molar-refractivity contribution in [3.63, 3.8) is 0 Å². The number of alkyl carbamates (subject to hydrolysis) is 1. The van der Waals surface area contributed by atoms with Gasteiger partial charge < -0.3 is 47.3 Å². The van der Waals surface area contributed by atoms with E-state index >= 15 is 0 Å². The van der Waals surface area contributed by atoms with Gasteiger partial charge >= 0.3 is 18.0 Å². The number of carbonyl (C=O) groups excluding carboxylic acids is 6. The van der Waals surface area contributed by atoms with Gasteiger partial charge in [0.25, 0.3) is 0 Å². The average molecular weight is 877 g/mol. The molecule has 17 heteroatoms. The summed E-state index contributed by atoms with van der Waals surface area (Å²) in [6, 6.07) is 24.6. The Bertz CT molecular complexity index is 2280. The molecule has 1 aliphatic rings. The van der Waals surface area contributed by atoms with E-state index in [1.54, 1.807) is 74.5 Å². The number of amides is 6. The zero-order valence-electron chi connectivity index (χ0n) is 35.3. The van der Waals surface area contributed by atoms with Gasteiger partial charge in [-0.1, -0.05) is 123 Å². The van der Waals surface area contributed by atoms with E-state index in [2.05, 4.69) is 26.6 Å². The molecule has 0 aromatic heterocycles. The number of carboxylic acids is 2. The summed E-state index contributed by atoms with van der Waals surface area (Å²) in [5.74, 6) is -8.10. The van der Waals surface area contributed by atoms with E-state index < -0.39 is 97.0 Å². The number of primary amides is 1. The van der Waals surface area contributed by atoms with Crippen LogP contribution in [0.25, 0.3) is 11.1 Å². The Kier molecular flexibility index (Phi) is 16.7. The van der Waals surface area contributed by atoms with Crippen LogP contribution < -0.4 is 32.3 Å². The predicted octanol–water partition coefficient (Wildman–Crippen LogP) is 3.32. The summed E-state index contributed by atoms with van der Waals surface area (Å²) in [6.07, 6.45) is -2.78. The third-order valence-corrected chi connectivity index (χ3v) is 10.6. The van der Waals surface area contributed by atoms with Gasteiger partial charge in [-0.3, -0.25) is 28.8 Å². The first kappa shape index (κ1) is 47.5. The summed E-state index contributed by atoms with van der Waals surface area (Å²) in [5.41, 5.74) is 10.3. The molecule has 1 aliphatic carbocycles. The smallest absolute Gasteiger partial charge is 0.408 e. The van der Waals surface area contributed by atoms with Crippen LogP contribution in [0.2, 0.25) is 0 Å². The Labute approximate surface area is 369 Å². The van der Waals surface area contributed by atoms with Crippen LogP contribution in [0.1, 0.15) is 73.7 Å². The third-order valence-electron chi connectivity index (χ3n) is 10.6. The Morgan fingerprint density at radius 1 is 0.609 bits per heavy atom. The fraction of sp³-hybridized carbons (Fsp3) is 0.319. The van der Waals surface area contributed by atoms with Gasteiger partial charge in [-0.25, -0.2) is 9.59 Å². The van der Waals surface area contributed by atoms with E-state index in [9.17, 15) is 48.6 Å². The molecule has 4 aromatic rings. The molecule has 336 valence electrons. The van der Waals surface area contributed by atoms with E-state index in [0.717, 1.165) is 22.3 Å². The third kappa shape index (κ3) is 13.2. The van der Waals surface area contributed by atoms with Gasteiger partial charge in [-0.2, -0.15) is 0 Å². The number of aliphatic carboxylic acids is 2. The second kappa shape index (κ2) is 22.5. The average Bonchev–Trinajstić information content (AvgIpc) is 3.58. The summed E-state index contributed by atoms with van der Waals surface area (Å²) >= 11 is 0. The van der Waals surface area contributed by atoms with Gasteiger partial charge in [-0.15, -0.1) is 0 Å². The monoisotopic (exact) mass is 876 g/mol. The number of benzene rings is 4. The van der Waals surface area contributed by atoms with E-state index in [4.69, 9.17) is 10.5 Å². The van der Waals surface area contributed by atoms with Crippen molar-refractivity contribution in [2.24, 2.45) is 11.7 Å². The van der Waals surface area contributed by atoms with Gasteiger partial charge in [0.2, 0.25) is 29.5 Å². The Balaban J connectivity index is 1.30. The van der Waals surface area contributed by atoms with Crippen molar-refractivity contribution < 1.29 is 53.3 Å². The van der Waals surface area contributed by atoms with Crippen LogP contribution >= 0.6 is 0 Å². The van der Waals surface area contributed by atoms with Crippen LogP contribution in [0.5, 0.6) is 0 Å². The van der Waals surface area contributed by atoms with Crippen LogP contribution in [-0.4, -0.2) is 88.6 Å². The molecule has 17 nitrogen and oxygen atoms in total. The lowest BCUT2D eigenvalue weighted by atomic mass is 9.98. The SMILES string of the molecule is CC(C)C[C@H](NC(=O)[C@H](CC(=O)O)NC(=O)[C@H](CCC(N)=O)NC(=O)[C@@H](NC(=O)OCC1c2ccccc2-c2ccccc21)c1ccccc1)C(=O)N[C@@H](Cc1ccccc1)C(=O)O. The first-order valence-electron chi connectivity index (χ1n) is 20.8. The Morgan fingerprint density at radius 2 is 1.11 bits per heavy atom. The number of rotatable bonds is 22. The molecule has 0 spiro atoms. The summed E-state index contributed by atoms with van der Waals surface area (Å²) < 4.78 is 5.69. The summed E-state index contributed by atoms with van der Waals surface area (Å²) in [7, 11) is 0. The lowest BCUT2D eigenvalue weighted by Gasteiger charge is -2.27. The van der Waals surface area contributed by atoms with Crippen molar-refractivity contribution in [2.75, 3.05) is 6.61 Å². The highest BCUT2D eigenvalue weighted by Gasteiger charge is 2.35. The molecular formula is C47H52N6O11. The number of nitrogens with two attached hydrogens (primary N) is 1. The first-order chi connectivity index (χ1) is 30.6. The lowest BCUT2D eigenvalue weighted by molar-refractivity contribution is -0.143.